The summed E-state index contributed by atoms with van der Waals surface area (Å²) in [5.74, 6) is 0. The van der Waals surface area contributed by atoms with E-state index in [1.807, 2.05) is 0 Å². The lowest BCUT2D eigenvalue weighted by Gasteiger charge is -2.34. The maximum absolute atomic E-state index is 2.39. The number of quaternary nitrogens is 1. The molecule has 2 aromatic rings. The first-order valence-electron chi connectivity index (χ1n) is 6.37. The first kappa shape index (κ1) is 13.9. The average Bonchev–Trinajstić information content (AvgIpc) is 2.51. The normalized spacial score (nSPS) is 17.3. The van der Waals surface area contributed by atoms with Gasteiger partial charge in [-0.3, -0.25) is 0 Å². The summed E-state index contributed by atoms with van der Waals surface area (Å²) in [4.78, 5) is 0. The number of aromatic nitrogens is 1. The molecule has 0 radical (unpaired) electrons. The van der Waals surface area contributed by atoms with E-state index in [1.165, 1.54) is 29.4 Å². The number of aryl methyl sites for hydroxylation is 2. The molecule has 0 bridgehead atoms. The second-order valence-corrected chi connectivity index (χ2v) is 6.07. The van der Waals surface area contributed by atoms with E-state index in [2.05, 4.69) is 50.8 Å². The van der Waals surface area contributed by atoms with Crippen LogP contribution in [-0.4, -0.2) is 29.7 Å². The Morgan fingerprint density at radius 3 is 2.67 bits per heavy atom. The molecule has 0 N–H and O–H groups in total. The summed E-state index contributed by atoms with van der Waals surface area (Å²) < 4.78 is 3.50. The topological polar surface area (TPSA) is 4.93 Å². The van der Waals surface area contributed by atoms with Crippen LogP contribution in [0.1, 0.15) is 16.8 Å². The zero-order valence-electron chi connectivity index (χ0n) is 11.6. The molecule has 2 heterocycles. The van der Waals surface area contributed by atoms with Crippen molar-refractivity contribution in [2.45, 2.75) is 19.9 Å². The molecule has 1 aromatic heterocycles. The highest BCUT2D eigenvalue weighted by Crippen LogP contribution is 2.32. The van der Waals surface area contributed by atoms with E-state index in [0.717, 1.165) is 11.0 Å². The molecule has 3 rings (SSSR count). The Morgan fingerprint density at radius 1 is 1.22 bits per heavy atom. The van der Waals surface area contributed by atoms with E-state index in [1.54, 1.807) is 11.3 Å². The van der Waals surface area contributed by atoms with Crippen LogP contribution in [0.25, 0.3) is 10.9 Å². The van der Waals surface area contributed by atoms with Gasteiger partial charge in [-0.1, -0.05) is 11.6 Å². The van der Waals surface area contributed by atoms with Crippen LogP contribution in [0.2, 0.25) is 0 Å². The number of fused-ring (bicyclic) bond motifs is 3. The number of rotatable bonds is 0. The Hall–Kier alpha value is -0.550. The van der Waals surface area contributed by atoms with Gasteiger partial charge in [0.2, 0.25) is 0 Å². The predicted octanol–water partition coefficient (Wildman–Crippen LogP) is -0.377. The number of halogens is 1. The van der Waals surface area contributed by atoms with Crippen molar-refractivity contribution in [3.05, 3.63) is 35.0 Å². The van der Waals surface area contributed by atoms with Gasteiger partial charge in [-0.05, 0) is 19.1 Å². The molecular formula is C15H21IN2. The largest absolute Gasteiger partial charge is 1.00 e. The van der Waals surface area contributed by atoms with Crippen molar-refractivity contribution in [2.24, 2.45) is 7.05 Å². The summed E-state index contributed by atoms with van der Waals surface area (Å²) in [6, 6.07) is 6.83. The Labute approximate surface area is 126 Å². The van der Waals surface area contributed by atoms with Gasteiger partial charge in [-0.15, -0.1) is 0 Å². The van der Waals surface area contributed by atoms with Crippen LogP contribution in [0.15, 0.2) is 18.2 Å². The fourth-order valence-corrected chi connectivity index (χ4v) is 3.10. The first-order chi connectivity index (χ1) is 7.98. The summed E-state index contributed by atoms with van der Waals surface area (Å²) in [6.45, 7) is 4.59. The van der Waals surface area contributed by atoms with Crippen LogP contribution in [0.5, 0.6) is 0 Å². The van der Waals surface area contributed by atoms with Crippen molar-refractivity contribution in [2.75, 3.05) is 20.6 Å². The molecule has 0 saturated heterocycles. The fraction of sp³-hybridized carbons (Fsp3) is 0.467. The van der Waals surface area contributed by atoms with E-state index < -0.39 is 0 Å². The second-order valence-electron chi connectivity index (χ2n) is 6.07. The van der Waals surface area contributed by atoms with Crippen LogP contribution >= 0.6 is 0 Å². The molecule has 18 heavy (non-hydrogen) atoms. The second kappa shape index (κ2) is 4.53. The number of hydrogen-bond donors (Lipinski definition) is 0. The molecule has 0 atom stereocenters. The third-order valence-electron chi connectivity index (χ3n) is 4.13. The highest BCUT2D eigenvalue weighted by Gasteiger charge is 2.28. The Bertz CT molecular complexity index is 596. The van der Waals surface area contributed by atoms with Crippen molar-refractivity contribution >= 4 is 10.9 Å². The molecular weight excluding hydrogens is 335 g/mol. The zero-order chi connectivity index (χ0) is 12.2. The van der Waals surface area contributed by atoms with Gasteiger partial charge in [-0.25, -0.2) is 0 Å². The lowest BCUT2D eigenvalue weighted by atomic mass is 10.0. The molecule has 0 unspecified atom stereocenters. The number of likely N-dealkylation sites (N-methyl/N-ethyl adjacent to an activating group) is 1. The fourth-order valence-electron chi connectivity index (χ4n) is 3.10. The molecule has 3 heteroatoms. The third-order valence-corrected chi connectivity index (χ3v) is 4.13. The van der Waals surface area contributed by atoms with Gasteiger partial charge in [0, 0.05) is 35.6 Å². The maximum Gasteiger partial charge on any atom is 0.106 e. The Kier molecular flexibility index (Phi) is 3.49. The van der Waals surface area contributed by atoms with Gasteiger partial charge in [0.15, 0.2) is 0 Å². The quantitative estimate of drug-likeness (QED) is 0.448. The van der Waals surface area contributed by atoms with E-state index in [4.69, 9.17) is 0 Å². The van der Waals surface area contributed by atoms with Gasteiger partial charge >= 0.3 is 0 Å². The van der Waals surface area contributed by atoms with Gasteiger partial charge < -0.3 is 33.0 Å². The average molecular weight is 356 g/mol. The van der Waals surface area contributed by atoms with Crippen LogP contribution in [0.3, 0.4) is 0 Å². The minimum Gasteiger partial charge on any atom is -1.00 e. The first-order valence-corrected chi connectivity index (χ1v) is 6.37. The predicted molar refractivity (Wildman–Crippen MR) is 72.0 cm³/mol. The molecule has 0 fully saturated rings. The third kappa shape index (κ3) is 2.07. The van der Waals surface area contributed by atoms with Gasteiger partial charge in [0.1, 0.15) is 6.54 Å². The van der Waals surface area contributed by atoms with Gasteiger partial charge in [0.25, 0.3) is 0 Å². The van der Waals surface area contributed by atoms with Crippen LogP contribution in [0.4, 0.5) is 0 Å². The minimum atomic E-state index is 0. The van der Waals surface area contributed by atoms with Crippen molar-refractivity contribution in [3.63, 3.8) is 0 Å². The summed E-state index contributed by atoms with van der Waals surface area (Å²) in [5.41, 5.74) is 5.87. The van der Waals surface area contributed by atoms with Crippen molar-refractivity contribution in [3.8, 4) is 0 Å². The highest BCUT2D eigenvalue weighted by molar-refractivity contribution is 5.86. The maximum atomic E-state index is 2.39. The summed E-state index contributed by atoms with van der Waals surface area (Å²) in [7, 11) is 6.87. The molecule has 0 saturated carbocycles. The SMILES string of the molecule is Cc1ccc2c(c1)c1c(n2C)CC[N+](C)(C)C1.[I-]. The van der Waals surface area contributed by atoms with E-state index in [0.29, 0.717) is 0 Å². The van der Waals surface area contributed by atoms with Gasteiger partial charge in [0.05, 0.1) is 20.6 Å². The number of nitrogens with zero attached hydrogens (tertiary/aromatic N) is 2. The highest BCUT2D eigenvalue weighted by atomic mass is 127. The van der Waals surface area contributed by atoms with E-state index >= 15 is 0 Å². The number of benzene rings is 1. The standard InChI is InChI=1S/C15H21N2.HI/c1-11-5-6-14-12(9-11)13-10-17(3,4)8-7-15(13)16(14)2;/h5-6,9H,7-8,10H2,1-4H3;1H/q+1;/p-1. The molecule has 1 aromatic carbocycles. The molecule has 0 spiro atoms. The minimum absolute atomic E-state index is 0. The molecule has 0 amide bonds. The summed E-state index contributed by atoms with van der Waals surface area (Å²) in [6.07, 6.45) is 1.20. The monoisotopic (exact) mass is 356 g/mol. The Morgan fingerprint density at radius 2 is 1.94 bits per heavy atom. The molecule has 98 valence electrons. The summed E-state index contributed by atoms with van der Waals surface area (Å²) >= 11 is 0. The van der Waals surface area contributed by atoms with Gasteiger partial charge in [-0.2, -0.15) is 0 Å². The van der Waals surface area contributed by atoms with Crippen molar-refractivity contribution in [1.82, 2.24) is 4.57 Å². The van der Waals surface area contributed by atoms with Crippen molar-refractivity contribution < 1.29 is 28.5 Å². The lowest BCUT2D eigenvalue weighted by molar-refractivity contribution is -0.905. The molecule has 1 aliphatic heterocycles. The zero-order valence-corrected chi connectivity index (χ0v) is 13.8. The van der Waals surface area contributed by atoms with Crippen LogP contribution < -0.4 is 24.0 Å². The molecule has 0 aliphatic carbocycles. The van der Waals surface area contributed by atoms with Crippen molar-refractivity contribution in [1.29, 1.82) is 0 Å². The van der Waals surface area contributed by atoms with E-state index in [-0.39, 0.29) is 24.0 Å². The van der Waals surface area contributed by atoms with Crippen LogP contribution in [0, 0.1) is 6.92 Å². The summed E-state index contributed by atoms with van der Waals surface area (Å²) in [5, 5.41) is 1.47. The Balaban J connectivity index is 0.00000120. The smallest absolute Gasteiger partial charge is 0.106 e. The molecule has 2 nitrogen and oxygen atoms in total. The van der Waals surface area contributed by atoms with Crippen LogP contribution in [-0.2, 0) is 20.0 Å². The number of hydrogen-bond acceptors (Lipinski definition) is 0. The van der Waals surface area contributed by atoms with E-state index in [9.17, 15) is 0 Å². The lowest BCUT2D eigenvalue weighted by Crippen LogP contribution is -3.00. The molecule has 1 aliphatic rings.